The van der Waals surface area contributed by atoms with Gasteiger partial charge in [-0.15, -0.1) is 0 Å². The third-order valence-corrected chi connectivity index (χ3v) is 3.85. The molecule has 2 aromatic heterocycles. The predicted octanol–water partition coefficient (Wildman–Crippen LogP) is 2.81. The van der Waals surface area contributed by atoms with E-state index in [-0.39, 0.29) is 17.9 Å². The van der Waals surface area contributed by atoms with E-state index in [0.29, 0.717) is 22.6 Å². The molecule has 0 saturated carbocycles. The van der Waals surface area contributed by atoms with Crippen molar-refractivity contribution in [1.29, 1.82) is 0 Å². The number of nitrogens with zero attached hydrogens (tertiary/aromatic N) is 2. The number of anilines is 1. The Morgan fingerprint density at radius 3 is 2.46 bits per heavy atom. The van der Waals surface area contributed by atoms with Crippen molar-refractivity contribution < 1.29 is 9.59 Å². The van der Waals surface area contributed by atoms with Gasteiger partial charge in [-0.3, -0.25) is 14.7 Å². The lowest BCUT2D eigenvalue weighted by Gasteiger charge is -2.09. The summed E-state index contributed by atoms with van der Waals surface area (Å²) in [5.74, 6) is -0.434. The number of carbonyl (C=O) groups is 2. The van der Waals surface area contributed by atoms with Crippen LogP contribution >= 0.6 is 0 Å². The topological polar surface area (TPSA) is 91.8 Å². The first kappa shape index (κ1) is 17.5. The molecule has 7 heteroatoms. The lowest BCUT2D eigenvalue weighted by molar-refractivity contribution is 0.0942. The van der Waals surface area contributed by atoms with E-state index in [1.807, 2.05) is 43.8 Å². The molecule has 3 rings (SSSR count). The van der Waals surface area contributed by atoms with E-state index in [4.69, 9.17) is 0 Å². The molecule has 134 valence electrons. The zero-order chi connectivity index (χ0) is 18.7. The molecular formula is C19H21N5O2. The lowest BCUT2D eigenvalue weighted by Crippen LogP contribution is -2.30. The van der Waals surface area contributed by atoms with Crippen LogP contribution in [0, 0.1) is 0 Å². The molecule has 0 unspecified atom stereocenters. The Hall–Kier alpha value is -3.35. The van der Waals surface area contributed by atoms with Gasteiger partial charge >= 0.3 is 0 Å². The SMILES string of the molecule is CC(C)NC(=O)c1ccc(NC(=O)c2cc(-c3cccn3C)n[nH]2)cc1. The van der Waals surface area contributed by atoms with Crippen LogP contribution in [0.5, 0.6) is 0 Å². The number of H-pyrrole nitrogens is 1. The molecule has 0 bridgehead atoms. The average molecular weight is 351 g/mol. The highest BCUT2D eigenvalue weighted by atomic mass is 16.2. The van der Waals surface area contributed by atoms with E-state index in [2.05, 4.69) is 20.8 Å². The van der Waals surface area contributed by atoms with E-state index >= 15 is 0 Å². The van der Waals surface area contributed by atoms with Gasteiger partial charge in [0.05, 0.1) is 5.69 Å². The van der Waals surface area contributed by atoms with Gasteiger partial charge in [0.2, 0.25) is 0 Å². The van der Waals surface area contributed by atoms with Crippen molar-refractivity contribution in [3.8, 4) is 11.4 Å². The standard InChI is InChI=1S/C19H21N5O2/c1-12(2)20-18(25)13-6-8-14(9-7-13)21-19(26)16-11-15(22-23-16)17-5-4-10-24(17)3/h4-12H,1-3H3,(H,20,25)(H,21,26)(H,22,23). The molecule has 0 fully saturated rings. The lowest BCUT2D eigenvalue weighted by atomic mass is 10.2. The van der Waals surface area contributed by atoms with Crippen LogP contribution in [0.25, 0.3) is 11.4 Å². The predicted molar refractivity (Wildman–Crippen MR) is 100.0 cm³/mol. The number of hydrogen-bond acceptors (Lipinski definition) is 3. The van der Waals surface area contributed by atoms with Gasteiger partial charge in [-0.1, -0.05) is 0 Å². The second kappa shape index (κ2) is 7.26. The highest BCUT2D eigenvalue weighted by Gasteiger charge is 2.13. The first-order chi connectivity index (χ1) is 12.4. The third kappa shape index (κ3) is 3.83. The summed E-state index contributed by atoms with van der Waals surface area (Å²) in [6.07, 6.45) is 1.92. The summed E-state index contributed by atoms with van der Waals surface area (Å²) in [4.78, 5) is 24.3. The molecule has 1 aromatic carbocycles. The van der Waals surface area contributed by atoms with Gasteiger partial charge in [-0.25, -0.2) is 0 Å². The monoisotopic (exact) mass is 351 g/mol. The number of amides is 2. The Morgan fingerprint density at radius 1 is 1.12 bits per heavy atom. The van der Waals surface area contributed by atoms with Crippen LogP contribution in [0.3, 0.4) is 0 Å². The Morgan fingerprint density at radius 2 is 1.85 bits per heavy atom. The van der Waals surface area contributed by atoms with Gasteiger partial charge in [0.15, 0.2) is 0 Å². The maximum Gasteiger partial charge on any atom is 0.273 e. The highest BCUT2D eigenvalue weighted by Crippen LogP contribution is 2.18. The van der Waals surface area contributed by atoms with E-state index in [1.54, 1.807) is 30.3 Å². The van der Waals surface area contributed by atoms with Crippen LogP contribution in [-0.2, 0) is 7.05 Å². The second-order valence-electron chi connectivity index (χ2n) is 6.33. The molecule has 0 aliphatic rings. The van der Waals surface area contributed by atoms with Gasteiger partial charge in [0.25, 0.3) is 11.8 Å². The molecule has 2 amide bonds. The number of hydrogen-bond donors (Lipinski definition) is 3. The zero-order valence-corrected chi connectivity index (χ0v) is 14.9. The highest BCUT2D eigenvalue weighted by molar-refractivity contribution is 6.03. The fraction of sp³-hybridized carbons (Fsp3) is 0.211. The first-order valence-electron chi connectivity index (χ1n) is 8.33. The van der Waals surface area contributed by atoms with E-state index < -0.39 is 0 Å². The minimum atomic E-state index is -0.294. The summed E-state index contributed by atoms with van der Waals surface area (Å²) in [7, 11) is 1.92. The number of aromatic nitrogens is 3. The van der Waals surface area contributed by atoms with Crippen molar-refractivity contribution in [2.24, 2.45) is 7.05 Å². The molecule has 0 aliphatic carbocycles. The van der Waals surface area contributed by atoms with Crippen molar-refractivity contribution in [2.45, 2.75) is 19.9 Å². The number of aryl methyl sites for hydroxylation is 1. The maximum atomic E-state index is 12.4. The quantitative estimate of drug-likeness (QED) is 0.660. The minimum absolute atomic E-state index is 0.0701. The summed E-state index contributed by atoms with van der Waals surface area (Å²) in [5.41, 5.74) is 3.13. The van der Waals surface area contributed by atoms with Crippen molar-refractivity contribution in [1.82, 2.24) is 20.1 Å². The third-order valence-electron chi connectivity index (χ3n) is 3.85. The second-order valence-corrected chi connectivity index (χ2v) is 6.33. The molecule has 0 aliphatic heterocycles. The number of carbonyl (C=O) groups excluding carboxylic acids is 2. The molecule has 2 heterocycles. The zero-order valence-electron chi connectivity index (χ0n) is 14.9. The van der Waals surface area contributed by atoms with Crippen LogP contribution < -0.4 is 10.6 Å². The molecule has 0 saturated heterocycles. The maximum absolute atomic E-state index is 12.4. The smallest absolute Gasteiger partial charge is 0.273 e. The van der Waals surface area contributed by atoms with Gasteiger partial charge in [0, 0.05) is 30.5 Å². The molecule has 0 atom stereocenters. The van der Waals surface area contributed by atoms with Crippen LogP contribution in [0.1, 0.15) is 34.7 Å². The number of rotatable bonds is 5. The summed E-state index contributed by atoms with van der Waals surface area (Å²) >= 11 is 0. The van der Waals surface area contributed by atoms with Crippen molar-refractivity contribution in [3.05, 3.63) is 59.9 Å². The molecular weight excluding hydrogens is 330 g/mol. The summed E-state index contributed by atoms with van der Waals surface area (Å²) in [6.45, 7) is 3.81. The molecule has 7 nitrogen and oxygen atoms in total. The van der Waals surface area contributed by atoms with Gasteiger partial charge in [-0.2, -0.15) is 5.10 Å². The van der Waals surface area contributed by atoms with Crippen molar-refractivity contribution in [2.75, 3.05) is 5.32 Å². The molecule has 26 heavy (non-hydrogen) atoms. The first-order valence-corrected chi connectivity index (χ1v) is 8.33. The fourth-order valence-electron chi connectivity index (χ4n) is 2.55. The summed E-state index contributed by atoms with van der Waals surface area (Å²) < 4.78 is 1.93. The molecule has 3 aromatic rings. The van der Waals surface area contributed by atoms with E-state index in [9.17, 15) is 9.59 Å². The van der Waals surface area contributed by atoms with E-state index in [0.717, 1.165) is 5.69 Å². The normalized spacial score (nSPS) is 10.8. The molecule has 0 radical (unpaired) electrons. The summed E-state index contributed by atoms with van der Waals surface area (Å²) in [5, 5.41) is 12.6. The summed E-state index contributed by atoms with van der Waals surface area (Å²) in [6, 6.07) is 12.4. The number of benzene rings is 1. The van der Waals surface area contributed by atoms with E-state index in [1.165, 1.54) is 0 Å². The van der Waals surface area contributed by atoms with Crippen LogP contribution in [0.4, 0.5) is 5.69 Å². The largest absolute Gasteiger partial charge is 0.350 e. The Labute approximate surface area is 151 Å². The fourth-order valence-corrected chi connectivity index (χ4v) is 2.55. The Kier molecular flexibility index (Phi) is 4.88. The minimum Gasteiger partial charge on any atom is -0.350 e. The van der Waals surface area contributed by atoms with Gasteiger partial charge < -0.3 is 15.2 Å². The van der Waals surface area contributed by atoms with Gasteiger partial charge in [0.1, 0.15) is 11.4 Å². The number of aromatic amines is 1. The average Bonchev–Trinajstić information content (AvgIpc) is 3.23. The number of nitrogens with one attached hydrogen (secondary N) is 3. The van der Waals surface area contributed by atoms with Crippen molar-refractivity contribution >= 4 is 17.5 Å². The Bertz CT molecular complexity index is 922. The molecule has 0 spiro atoms. The van der Waals surface area contributed by atoms with Crippen LogP contribution in [-0.4, -0.2) is 32.6 Å². The van der Waals surface area contributed by atoms with Crippen LogP contribution in [0.2, 0.25) is 0 Å². The Balaban J connectivity index is 1.68. The van der Waals surface area contributed by atoms with Gasteiger partial charge in [-0.05, 0) is 56.3 Å². The molecule has 3 N–H and O–H groups in total. The van der Waals surface area contributed by atoms with Crippen LogP contribution in [0.15, 0.2) is 48.7 Å². The van der Waals surface area contributed by atoms with Crippen molar-refractivity contribution in [3.63, 3.8) is 0 Å².